The van der Waals surface area contributed by atoms with Gasteiger partial charge in [-0.2, -0.15) is 34.8 Å². The first kappa shape index (κ1) is 48.0. The van der Waals surface area contributed by atoms with Gasteiger partial charge in [0.15, 0.2) is 0 Å². The molecule has 0 spiro atoms. The van der Waals surface area contributed by atoms with Gasteiger partial charge in [0.05, 0.1) is 12.4 Å². The lowest BCUT2D eigenvalue weighted by Crippen LogP contribution is -2.27. The molecule has 0 saturated carbocycles. The molecular formula is C33H28Br2Cl2F6N4O6S. The van der Waals surface area contributed by atoms with Crippen LogP contribution in [0.1, 0.15) is 43.2 Å². The molecule has 292 valence electrons. The maximum Gasteiger partial charge on any atom is 0.452 e. The Kier molecular flexibility index (Phi) is 19.3. The number of aromatic amines is 2. The van der Waals surface area contributed by atoms with Crippen LogP contribution in [0.25, 0.3) is 22.8 Å². The van der Waals surface area contributed by atoms with Crippen molar-refractivity contribution >= 4 is 79.5 Å². The molecular weight excluding hydrogens is 925 g/mol. The number of carbonyl (C=O) groups excluding carboxylic acids is 2. The molecule has 2 aromatic heterocycles. The topological polar surface area (TPSA) is 163 Å². The van der Waals surface area contributed by atoms with Crippen molar-refractivity contribution in [3.8, 4) is 22.8 Å². The van der Waals surface area contributed by atoms with Crippen LogP contribution in [-0.4, -0.2) is 61.4 Å². The summed E-state index contributed by atoms with van der Waals surface area (Å²) in [6.45, 7) is 5.90. The van der Waals surface area contributed by atoms with Gasteiger partial charge in [-0.05, 0) is 20.8 Å². The molecule has 0 radical (unpaired) electrons. The van der Waals surface area contributed by atoms with Gasteiger partial charge in [-0.15, -0.1) is 0 Å². The Bertz CT molecular complexity index is 2050. The van der Waals surface area contributed by atoms with Gasteiger partial charge in [0.2, 0.25) is 0 Å². The highest BCUT2D eigenvalue weighted by Crippen LogP contribution is 2.29. The highest BCUT2D eigenvalue weighted by atomic mass is 79.9. The molecule has 3 aromatic carbocycles. The van der Waals surface area contributed by atoms with Crippen LogP contribution in [0.3, 0.4) is 0 Å². The van der Waals surface area contributed by atoms with E-state index in [0.29, 0.717) is 11.4 Å². The highest BCUT2D eigenvalue weighted by molar-refractivity contribution is 9.25. The van der Waals surface area contributed by atoms with Crippen LogP contribution in [0, 0.1) is 20.8 Å². The number of aryl methyl sites for hydroxylation is 3. The van der Waals surface area contributed by atoms with Crippen molar-refractivity contribution in [2.45, 2.75) is 36.9 Å². The number of carboxylic acid groups (broad SMARTS) is 1. The summed E-state index contributed by atoms with van der Waals surface area (Å²) in [6.07, 6.45) is -6.17. The summed E-state index contributed by atoms with van der Waals surface area (Å²) >= 11 is 4.85. The van der Waals surface area contributed by atoms with Crippen LogP contribution in [-0.2, 0) is 19.2 Å². The number of ketones is 1. The maximum absolute atomic E-state index is 12.3. The molecule has 54 heavy (non-hydrogen) atoms. The van der Waals surface area contributed by atoms with E-state index in [2.05, 4.69) is 73.2 Å². The number of nitrogens with one attached hydrogen (secondary N) is 2. The van der Waals surface area contributed by atoms with Gasteiger partial charge >= 0.3 is 26.6 Å². The van der Waals surface area contributed by atoms with Crippen molar-refractivity contribution in [2.75, 3.05) is 0 Å². The molecule has 5 rings (SSSR count). The van der Waals surface area contributed by atoms with E-state index in [1.165, 1.54) is 11.8 Å². The summed E-state index contributed by atoms with van der Waals surface area (Å²) in [5.74, 6) is -2.02. The van der Waals surface area contributed by atoms with E-state index in [1.807, 2.05) is 81.4 Å². The van der Waals surface area contributed by atoms with Crippen molar-refractivity contribution in [3.05, 3.63) is 119 Å². The molecule has 0 aliphatic carbocycles. The van der Waals surface area contributed by atoms with Gasteiger partial charge in [0, 0.05) is 38.1 Å². The second-order valence-electron chi connectivity index (χ2n) is 10.4. The molecule has 3 N–H and O–H groups in total. The van der Waals surface area contributed by atoms with E-state index in [0.717, 1.165) is 34.7 Å². The van der Waals surface area contributed by atoms with E-state index in [9.17, 15) is 40.7 Å². The molecule has 0 amide bonds. The minimum absolute atomic E-state index is 0.102. The predicted molar refractivity (Wildman–Crippen MR) is 199 cm³/mol. The summed E-state index contributed by atoms with van der Waals surface area (Å²) in [6, 6.07) is 22.3. The molecule has 0 unspecified atom stereocenters. The Hall–Kier alpha value is -4.04. The van der Waals surface area contributed by atoms with Crippen LogP contribution < -0.4 is 0 Å². The Balaban J connectivity index is 0.000000356. The fourth-order valence-electron chi connectivity index (χ4n) is 3.38. The van der Waals surface area contributed by atoms with E-state index in [-0.39, 0.29) is 11.5 Å². The second kappa shape index (κ2) is 21.7. The molecule has 0 aliphatic heterocycles. The second-order valence-corrected chi connectivity index (χ2v) is 17.1. The number of aromatic nitrogens is 4. The molecule has 0 bridgehead atoms. The number of nitrogens with zero attached hydrogens (tertiary/aromatic N) is 2. The van der Waals surface area contributed by atoms with Gasteiger partial charge < -0.3 is 15.1 Å². The van der Waals surface area contributed by atoms with Gasteiger partial charge in [-0.25, -0.2) is 14.8 Å². The third-order valence-electron chi connectivity index (χ3n) is 6.03. The minimum atomic E-state index is -4.75. The number of carboxylic acids is 1. The molecule has 0 fully saturated rings. The standard InChI is InChI=1S/C11H9F3N2.C11H10N2O2.C8H8O.C3HBr2F3O.Cl2O2S/c1-7-2-4-8(5-3-7)10-15-6-9(16-10)11(12,13)14;1-7-2-4-8(5-3-7)10-12-6-9(13-10)11(14)15;1-7-2-4-8(6-9)5-3-7;4-2(5)1(9)3(6,7)8;1-5(2,3)4/h2-6H,1H3,(H,15,16);2-6H,1H3,(H,12,13)(H,14,15);2-6H,1H3;2H;. The zero-order chi connectivity index (χ0) is 41.4. The Morgan fingerprint density at radius 3 is 1.39 bits per heavy atom. The number of alkyl halides is 8. The third kappa shape index (κ3) is 19.3. The maximum atomic E-state index is 12.3. The van der Waals surface area contributed by atoms with E-state index in [4.69, 9.17) is 13.5 Å². The number of benzene rings is 3. The number of Topliss-reactive ketones (excluding diaryl/α,β-unsaturated/α-hetero) is 1. The number of rotatable bonds is 5. The van der Waals surface area contributed by atoms with Crippen molar-refractivity contribution in [1.29, 1.82) is 0 Å². The number of aldehydes is 1. The van der Waals surface area contributed by atoms with Crippen LogP contribution in [0.5, 0.6) is 0 Å². The smallest absolute Gasteiger partial charge is 0.452 e. The zero-order valence-corrected chi connectivity index (χ0v) is 33.3. The average Bonchev–Trinajstić information content (AvgIpc) is 3.77. The first-order valence-corrected chi connectivity index (χ1v) is 19.4. The van der Waals surface area contributed by atoms with Gasteiger partial charge in [-0.3, -0.25) is 9.59 Å². The fraction of sp³-hybridized carbons (Fsp3) is 0.182. The lowest BCUT2D eigenvalue weighted by atomic mass is 10.1. The molecule has 0 atom stereocenters. The van der Waals surface area contributed by atoms with E-state index in [1.54, 1.807) is 12.1 Å². The van der Waals surface area contributed by atoms with E-state index >= 15 is 0 Å². The molecule has 10 nitrogen and oxygen atoms in total. The fourth-order valence-corrected chi connectivity index (χ4v) is 3.90. The zero-order valence-electron chi connectivity index (χ0n) is 27.8. The largest absolute Gasteiger partial charge is 0.477 e. The number of hydrogen-bond acceptors (Lipinski definition) is 7. The van der Waals surface area contributed by atoms with Crippen molar-refractivity contribution in [2.24, 2.45) is 0 Å². The van der Waals surface area contributed by atoms with Crippen molar-refractivity contribution in [1.82, 2.24) is 19.9 Å². The summed E-state index contributed by atoms with van der Waals surface area (Å²) in [5, 5.41) is 8.72. The number of carbonyl (C=O) groups is 3. The van der Waals surface area contributed by atoms with Crippen LogP contribution in [0.15, 0.2) is 85.2 Å². The normalized spacial score (nSPS) is 10.9. The number of imidazole rings is 2. The first-order valence-electron chi connectivity index (χ1n) is 14.4. The van der Waals surface area contributed by atoms with Crippen LogP contribution in [0.4, 0.5) is 26.3 Å². The van der Waals surface area contributed by atoms with Gasteiger partial charge in [-0.1, -0.05) is 121 Å². The Labute approximate surface area is 330 Å². The lowest BCUT2D eigenvalue weighted by Gasteiger charge is -2.03. The summed E-state index contributed by atoms with van der Waals surface area (Å²) in [7, 11) is 4.81. The monoisotopic (exact) mass is 950 g/mol. The number of halogens is 10. The SMILES string of the molecule is Cc1ccc(-c2ncc(C(=O)O)[nH]2)cc1.Cc1ccc(-c2ncc(C(F)(F)F)[nH]2)cc1.Cc1ccc(C=O)cc1.O=C(C(Br)Br)C(F)(F)F.O=S(=O)(Cl)Cl. The number of hydrogen-bond donors (Lipinski definition) is 3. The quantitative estimate of drug-likeness (QED) is 0.0679. The molecule has 5 aromatic rings. The summed E-state index contributed by atoms with van der Waals surface area (Å²) in [5.41, 5.74) is 4.92. The minimum Gasteiger partial charge on any atom is -0.477 e. The highest BCUT2D eigenvalue weighted by Gasteiger charge is 2.41. The number of H-pyrrole nitrogens is 2. The molecule has 2 heterocycles. The van der Waals surface area contributed by atoms with E-state index < -0.39 is 41.8 Å². The molecule has 0 saturated heterocycles. The third-order valence-corrected chi connectivity index (χ3v) is 6.86. The first-order chi connectivity index (χ1) is 24.8. The van der Waals surface area contributed by atoms with Gasteiger partial charge in [0.25, 0.3) is 5.78 Å². The molecule has 21 heteroatoms. The predicted octanol–water partition coefficient (Wildman–Crippen LogP) is 10.2. The Morgan fingerprint density at radius 1 is 0.741 bits per heavy atom. The van der Waals surface area contributed by atoms with Crippen molar-refractivity contribution < 1.29 is 54.3 Å². The summed E-state index contributed by atoms with van der Waals surface area (Å²) < 4.78 is 87.8. The van der Waals surface area contributed by atoms with Crippen molar-refractivity contribution in [3.63, 3.8) is 0 Å². The van der Waals surface area contributed by atoms with Crippen LogP contribution >= 0.6 is 53.2 Å². The van der Waals surface area contributed by atoms with Gasteiger partial charge in [0.1, 0.15) is 33.1 Å². The summed E-state index contributed by atoms with van der Waals surface area (Å²) in [4.78, 5) is 43.4. The molecule has 0 aliphatic rings. The number of aromatic carboxylic acids is 1. The Morgan fingerprint density at radius 2 is 1.11 bits per heavy atom. The van der Waals surface area contributed by atoms with Crippen LogP contribution in [0.2, 0.25) is 0 Å². The average molecular weight is 953 g/mol. The lowest BCUT2D eigenvalue weighted by molar-refractivity contribution is -0.168.